The first-order valence-electron chi connectivity index (χ1n) is 11.0. The van der Waals surface area contributed by atoms with Gasteiger partial charge in [0, 0.05) is 12.1 Å². The summed E-state index contributed by atoms with van der Waals surface area (Å²) in [6, 6.07) is 6.09. The fourth-order valence-corrected chi connectivity index (χ4v) is 5.56. The molecule has 1 saturated heterocycles. The molecule has 0 saturated carbocycles. The third-order valence-electron chi connectivity index (χ3n) is 6.22. The lowest BCUT2D eigenvalue weighted by atomic mass is 10.1. The molecule has 5 rings (SSSR count). The van der Waals surface area contributed by atoms with Crippen LogP contribution in [0.3, 0.4) is 0 Å². The zero-order valence-corrected chi connectivity index (χ0v) is 19.2. The number of nitrogens with zero attached hydrogens (tertiary/aromatic N) is 3. The topological polar surface area (TPSA) is 78.1 Å². The molecule has 9 heteroatoms. The third-order valence-corrected chi connectivity index (χ3v) is 7.41. The van der Waals surface area contributed by atoms with Crippen molar-refractivity contribution in [2.24, 2.45) is 0 Å². The summed E-state index contributed by atoms with van der Waals surface area (Å²) in [5, 5.41) is 0.585. The average molecular weight is 456 g/mol. The highest BCUT2D eigenvalue weighted by molar-refractivity contribution is 7.20. The van der Waals surface area contributed by atoms with E-state index in [1.54, 1.807) is 10.9 Å². The summed E-state index contributed by atoms with van der Waals surface area (Å²) >= 11 is 1.33. The summed E-state index contributed by atoms with van der Waals surface area (Å²) in [5.41, 5.74) is 1.91. The molecule has 0 spiro atoms. The lowest BCUT2D eigenvalue weighted by Gasteiger charge is -2.32. The summed E-state index contributed by atoms with van der Waals surface area (Å²) in [5.74, 6) is 1.62. The SMILES string of the molecule is CCCn1cnc2sc(C(=O)N3CC[NH+](Cc4ccc5c(c4)OCO5)CC3)c(C)c2c1=O. The van der Waals surface area contributed by atoms with E-state index in [-0.39, 0.29) is 18.3 Å². The molecule has 8 nitrogen and oxygen atoms in total. The number of hydrogen-bond acceptors (Lipinski definition) is 6. The number of aryl methyl sites for hydroxylation is 2. The van der Waals surface area contributed by atoms with Gasteiger partial charge in [0.05, 0.1) is 42.8 Å². The van der Waals surface area contributed by atoms with Gasteiger partial charge in [0.15, 0.2) is 11.5 Å². The smallest absolute Gasteiger partial charge is 0.264 e. The Morgan fingerprint density at radius 2 is 2.00 bits per heavy atom. The third kappa shape index (κ3) is 3.75. The van der Waals surface area contributed by atoms with E-state index in [4.69, 9.17) is 9.47 Å². The Labute approximate surface area is 190 Å². The molecule has 0 unspecified atom stereocenters. The number of fused-ring (bicyclic) bond motifs is 2. The molecule has 1 N–H and O–H groups in total. The van der Waals surface area contributed by atoms with Crippen LogP contribution in [-0.4, -0.2) is 53.3 Å². The molecule has 0 atom stereocenters. The van der Waals surface area contributed by atoms with Crippen LogP contribution < -0.4 is 19.9 Å². The Morgan fingerprint density at radius 3 is 2.78 bits per heavy atom. The normalized spacial score (nSPS) is 16.1. The molecule has 0 bridgehead atoms. The van der Waals surface area contributed by atoms with Crippen LogP contribution >= 0.6 is 11.3 Å². The molecule has 2 aromatic heterocycles. The first kappa shape index (κ1) is 21.0. The van der Waals surface area contributed by atoms with Gasteiger partial charge in [-0.05, 0) is 37.1 Å². The number of carbonyl (C=O) groups excluding carboxylic acids is 1. The number of rotatable bonds is 5. The monoisotopic (exact) mass is 455 g/mol. The van der Waals surface area contributed by atoms with Crippen molar-refractivity contribution in [1.82, 2.24) is 14.5 Å². The highest BCUT2D eigenvalue weighted by atomic mass is 32.1. The number of ether oxygens (including phenoxy) is 2. The molecule has 1 aromatic carbocycles. The van der Waals surface area contributed by atoms with E-state index in [0.29, 0.717) is 34.7 Å². The second-order valence-corrected chi connectivity index (χ2v) is 9.39. The molecular weight excluding hydrogens is 428 g/mol. The van der Waals surface area contributed by atoms with Crippen LogP contribution in [0.15, 0.2) is 29.3 Å². The number of quaternary nitrogens is 1. The van der Waals surface area contributed by atoms with Gasteiger partial charge in [-0.1, -0.05) is 6.92 Å². The van der Waals surface area contributed by atoms with Crippen molar-refractivity contribution in [2.45, 2.75) is 33.4 Å². The number of amides is 1. The second kappa shape index (κ2) is 8.55. The maximum Gasteiger partial charge on any atom is 0.264 e. The lowest BCUT2D eigenvalue weighted by Crippen LogP contribution is -3.13. The van der Waals surface area contributed by atoms with Crippen molar-refractivity contribution in [3.8, 4) is 11.5 Å². The molecule has 2 aliphatic rings. The Bertz CT molecular complexity index is 1230. The van der Waals surface area contributed by atoms with Crippen molar-refractivity contribution in [3.63, 3.8) is 0 Å². The summed E-state index contributed by atoms with van der Waals surface area (Å²) in [6.07, 6.45) is 2.46. The van der Waals surface area contributed by atoms with Crippen LogP contribution in [0.5, 0.6) is 11.5 Å². The highest BCUT2D eigenvalue weighted by Gasteiger charge is 2.28. The van der Waals surface area contributed by atoms with E-state index in [9.17, 15) is 9.59 Å². The maximum absolute atomic E-state index is 13.3. The molecular formula is C23H27N4O4S+. The van der Waals surface area contributed by atoms with Gasteiger partial charge in [0.2, 0.25) is 6.79 Å². The van der Waals surface area contributed by atoms with Crippen molar-refractivity contribution >= 4 is 27.5 Å². The largest absolute Gasteiger partial charge is 0.454 e. The molecule has 0 aliphatic carbocycles. The molecule has 168 valence electrons. The van der Waals surface area contributed by atoms with Crippen molar-refractivity contribution in [3.05, 3.63) is 50.9 Å². The number of thiophene rings is 1. The minimum absolute atomic E-state index is 0.00840. The standard InChI is InChI=1S/C23H26N4O4S/c1-3-6-27-13-24-21-19(22(27)28)15(2)20(32-21)23(29)26-9-7-25(8-10-26)12-16-4-5-17-18(11-16)31-14-30-17/h4-5,11,13H,3,6-10,12,14H2,1-2H3/p+1. The molecule has 1 amide bonds. The molecule has 0 radical (unpaired) electrons. The molecule has 3 aromatic rings. The van der Waals surface area contributed by atoms with E-state index in [1.807, 2.05) is 30.9 Å². The van der Waals surface area contributed by atoms with Gasteiger partial charge in [-0.25, -0.2) is 4.98 Å². The van der Waals surface area contributed by atoms with E-state index >= 15 is 0 Å². The molecule has 4 heterocycles. The van der Waals surface area contributed by atoms with Gasteiger partial charge < -0.3 is 19.3 Å². The van der Waals surface area contributed by atoms with E-state index < -0.39 is 0 Å². The van der Waals surface area contributed by atoms with Gasteiger partial charge in [0.1, 0.15) is 11.4 Å². The van der Waals surface area contributed by atoms with Crippen LogP contribution in [0.25, 0.3) is 10.2 Å². The molecule has 2 aliphatic heterocycles. The zero-order chi connectivity index (χ0) is 22.2. The highest BCUT2D eigenvalue weighted by Crippen LogP contribution is 2.32. The minimum Gasteiger partial charge on any atom is -0.454 e. The number of piperazine rings is 1. The fraction of sp³-hybridized carbons (Fsp3) is 0.435. The van der Waals surface area contributed by atoms with E-state index in [0.717, 1.165) is 43.1 Å². The maximum atomic E-state index is 13.3. The quantitative estimate of drug-likeness (QED) is 0.630. The van der Waals surface area contributed by atoms with Crippen LogP contribution in [0, 0.1) is 6.92 Å². The van der Waals surface area contributed by atoms with Crippen LogP contribution in [0.1, 0.15) is 34.1 Å². The summed E-state index contributed by atoms with van der Waals surface area (Å²) in [4.78, 5) is 35.2. The van der Waals surface area contributed by atoms with E-state index in [2.05, 4.69) is 11.1 Å². The zero-order valence-electron chi connectivity index (χ0n) is 18.3. The van der Waals surface area contributed by atoms with Crippen LogP contribution in [0.2, 0.25) is 0 Å². The van der Waals surface area contributed by atoms with Gasteiger partial charge >= 0.3 is 0 Å². The molecule has 32 heavy (non-hydrogen) atoms. The first-order chi connectivity index (χ1) is 15.5. The summed E-state index contributed by atoms with van der Waals surface area (Å²) < 4.78 is 12.5. The number of hydrogen-bond donors (Lipinski definition) is 1. The van der Waals surface area contributed by atoms with Crippen LogP contribution in [-0.2, 0) is 13.1 Å². The van der Waals surface area contributed by atoms with Gasteiger partial charge in [-0.3, -0.25) is 14.2 Å². The van der Waals surface area contributed by atoms with Gasteiger partial charge in [0.25, 0.3) is 11.5 Å². The Kier molecular flexibility index (Phi) is 5.60. The second-order valence-electron chi connectivity index (χ2n) is 8.39. The Morgan fingerprint density at radius 1 is 1.22 bits per heavy atom. The Balaban J connectivity index is 1.27. The van der Waals surface area contributed by atoms with E-state index in [1.165, 1.54) is 21.8 Å². The van der Waals surface area contributed by atoms with Gasteiger partial charge in [-0.2, -0.15) is 0 Å². The number of aromatic nitrogens is 2. The predicted molar refractivity (Wildman–Crippen MR) is 122 cm³/mol. The van der Waals surface area contributed by atoms with Crippen LogP contribution in [0.4, 0.5) is 0 Å². The summed E-state index contributed by atoms with van der Waals surface area (Å²) in [7, 11) is 0. The molecule has 1 fully saturated rings. The minimum atomic E-state index is -0.0531. The summed E-state index contributed by atoms with van der Waals surface area (Å²) in [6.45, 7) is 8.85. The number of nitrogens with one attached hydrogen (secondary N) is 1. The number of carbonyl (C=O) groups is 1. The van der Waals surface area contributed by atoms with Crippen molar-refractivity contribution in [2.75, 3.05) is 33.0 Å². The predicted octanol–water partition coefficient (Wildman–Crippen LogP) is 1.45. The first-order valence-corrected chi connectivity index (χ1v) is 11.9. The van der Waals surface area contributed by atoms with Crippen molar-refractivity contribution in [1.29, 1.82) is 0 Å². The lowest BCUT2D eigenvalue weighted by molar-refractivity contribution is -0.917. The van der Waals surface area contributed by atoms with Gasteiger partial charge in [-0.15, -0.1) is 11.3 Å². The average Bonchev–Trinajstić information content (AvgIpc) is 3.40. The fourth-order valence-electron chi connectivity index (χ4n) is 4.45. The number of benzene rings is 1. The van der Waals surface area contributed by atoms with Crippen molar-refractivity contribution < 1.29 is 19.2 Å². The Hall–Kier alpha value is -2.91.